The van der Waals surface area contributed by atoms with Gasteiger partial charge in [-0.05, 0) is 47.8 Å². The first-order valence-electron chi connectivity index (χ1n) is 11.4. The van der Waals surface area contributed by atoms with E-state index in [1.807, 2.05) is 78.9 Å². The molecule has 3 aromatic rings. The fraction of sp³-hybridized carbons (Fsp3) is 0.241. The molecular weight excluding hydrogens is 428 g/mol. The average Bonchev–Trinajstić information content (AvgIpc) is 3.22. The molecule has 0 bridgehead atoms. The summed E-state index contributed by atoms with van der Waals surface area (Å²) in [6, 6.07) is 25.2. The Morgan fingerprint density at radius 2 is 1.38 bits per heavy atom. The van der Waals surface area contributed by atoms with Gasteiger partial charge in [-0.25, -0.2) is 0 Å². The van der Waals surface area contributed by atoms with E-state index >= 15 is 0 Å². The van der Waals surface area contributed by atoms with E-state index in [4.69, 9.17) is 14.2 Å². The van der Waals surface area contributed by atoms with Crippen molar-refractivity contribution < 1.29 is 23.8 Å². The lowest BCUT2D eigenvalue weighted by Crippen LogP contribution is -2.44. The van der Waals surface area contributed by atoms with Gasteiger partial charge in [-0.2, -0.15) is 0 Å². The number of fused-ring (bicyclic) bond motifs is 1. The quantitative estimate of drug-likeness (QED) is 0.351. The summed E-state index contributed by atoms with van der Waals surface area (Å²) in [5.74, 6) is -0.484. The van der Waals surface area contributed by atoms with Gasteiger partial charge in [-0.3, -0.25) is 9.59 Å². The smallest absolute Gasteiger partial charge is 0.328 e. The van der Waals surface area contributed by atoms with Crippen molar-refractivity contribution in [3.63, 3.8) is 0 Å². The molecule has 1 aliphatic carbocycles. The molecule has 0 heterocycles. The maximum atomic E-state index is 13.4. The fourth-order valence-electron chi connectivity index (χ4n) is 4.70. The van der Waals surface area contributed by atoms with Gasteiger partial charge < -0.3 is 14.2 Å². The highest BCUT2D eigenvalue weighted by atomic mass is 16.6. The van der Waals surface area contributed by atoms with Crippen LogP contribution in [0.15, 0.2) is 78.9 Å². The van der Waals surface area contributed by atoms with Crippen LogP contribution in [0.2, 0.25) is 0 Å². The van der Waals surface area contributed by atoms with Gasteiger partial charge in [-0.1, -0.05) is 72.8 Å². The number of para-hydroxylation sites is 1. The van der Waals surface area contributed by atoms with Gasteiger partial charge in [0.05, 0.1) is 20.3 Å². The third-order valence-electron chi connectivity index (χ3n) is 6.14. The summed E-state index contributed by atoms with van der Waals surface area (Å²) in [6.45, 7) is 3.80. The lowest BCUT2D eigenvalue weighted by molar-refractivity contribution is -0.164. The number of carbonyl (C=O) groups excluding carboxylic acids is 2. The summed E-state index contributed by atoms with van der Waals surface area (Å²) in [5, 5.41) is 0. The molecule has 5 nitrogen and oxygen atoms in total. The van der Waals surface area contributed by atoms with Gasteiger partial charge >= 0.3 is 11.9 Å². The van der Waals surface area contributed by atoms with Crippen molar-refractivity contribution in [3.8, 4) is 5.75 Å². The first-order valence-corrected chi connectivity index (χ1v) is 11.4. The molecule has 5 heteroatoms. The number of ether oxygens (including phenoxy) is 3. The Balaban J connectivity index is 2.08. The van der Waals surface area contributed by atoms with Crippen LogP contribution in [0.5, 0.6) is 5.75 Å². The van der Waals surface area contributed by atoms with E-state index in [1.165, 1.54) is 0 Å². The van der Waals surface area contributed by atoms with Crippen LogP contribution in [0, 0.1) is 0 Å². The number of hydrogen-bond acceptors (Lipinski definition) is 5. The van der Waals surface area contributed by atoms with Crippen molar-refractivity contribution in [2.45, 2.75) is 25.7 Å². The highest BCUT2D eigenvalue weighted by Gasteiger charge is 2.56. The normalized spacial score (nSPS) is 15.3. The maximum absolute atomic E-state index is 13.4. The zero-order chi connectivity index (χ0) is 24.1. The van der Waals surface area contributed by atoms with Crippen molar-refractivity contribution in [1.29, 1.82) is 0 Å². The minimum Gasteiger partial charge on any atom is -0.496 e. The van der Waals surface area contributed by atoms with Crippen LogP contribution < -0.4 is 4.74 Å². The number of methoxy groups -OCH3 is 1. The molecule has 0 aliphatic heterocycles. The van der Waals surface area contributed by atoms with E-state index in [9.17, 15) is 9.59 Å². The van der Waals surface area contributed by atoms with Gasteiger partial charge in [-0.15, -0.1) is 0 Å². The molecule has 0 spiro atoms. The predicted molar refractivity (Wildman–Crippen MR) is 131 cm³/mol. The molecule has 0 amide bonds. The van der Waals surface area contributed by atoms with Crippen LogP contribution in [0.3, 0.4) is 0 Å². The molecule has 4 rings (SSSR count). The second kappa shape index (κ2) is 9.96. The highest BCUT2D eigenvalue weighted by molar-refractivity contribution is 6.15. The van der Waals surface area contributed by atoms with Gasteiger partial charge in [0.15, 0.2) is 5.41 Å². The molecular formula is C29H28O5. The first kappa shape index (κ1) is 23.3. The van der Waals surface area contributed by atoms with Crippen molar-refractivity contribution in [2.75, 3.05) is 20.3 Å². The first-order chi connectivity index (χ1) is 16.6. The standard InChI is InChI=1S/C29H28O5/c1-4-33-27(30)29(28(31)34-5-2)19-23(21-15-9-11-17-24(21)29)26(20-13-7-6-8-14-20)22-16-10-12-18-25(22)32-3/h6-18H,4-5,19H2,1-3H3/b26-23-. The second-order valence-corrected chi connectivity index (χ2v) is 7.99. The van der Waals surface area contributed by atoms with Crippen LogP contribution in [0.4, 0.5) is 0 Å². The molecule has 0 saturated carbocycles. The Morgan fingerprint density at radius 1 is 0.794 bits per heavy atom. The van der Waals surface area contributed by atoms with Crippen LogP contribution in [-0.2, 0) is 24.5 Å². The fourth-order valence-corrected chi connectivity index (χ4v) is 4.70. The third-order valence-corrected chi connectivity index (χ3v) is 6.14. The van der Waals surface area contributed by atoms with E-state index in [-0.39, 0.29) is 19.6 Å². The summed E-state index contributed by atoms with van der Waals surface area (Å²) >= 11 is 0. The van der Waals surface area contributed by atoms with E-state index in [0.29, 0.717) is 11.3 Å². The Kier molecular flexibility index (Phi) is 6.82. The van der Waals surface area contributed by atoms with Gasteiger partial charge in [0, 0.05) is 12.0 Å². The summed E-state index contributed by atoms with van der Waals surface area (Å²) in [7, 11) is 1.64. The summed E-state index contributed by atoms with van der Waals surface area (Å²) in [6.07, 6.45) is 0.131. The zero-order valence-corrected chi connectivity index (χ0v) is 19.7. The van der Waals surface area contributed by atoms with E-state index in [2.05, 4.69) is 0 Å². The lowest BCUT2D eigenvalue weighted by Gasteiger charge is -2.25. The van der Waals surface area contributed by atoms with Crippen LogP contribution in [-0.4, -0.2) is 32.3 Å². The van der Waals surface area contributed by atoms with Crippen molar-refractivity contribution >= 4 is 23.1 Å². The van der Waals surface area contributed by atoms with Crippen molar-refractivity contribution in [3.05, 3.63) is 101 Å². The van der Waals surface area contributed by atoms with Crippen molar-refractivity contribution in [2.24, 2.45) is 0 Å². The average molecular weight is 457 g/mol. The number of carbonyl (C=O) groups is 2. The molecule has 174 valence electrons. The lowest BCUT2D eigenvalue weighted by atomic mass is 9.81. The number of allylic oxidation sites excluding steroid dienone is 1. The number of esters is 2. The van der Waals surface area contributed by atoms with Gasteiger partial charge in [0.1, 0.15) is 5.75 Å². The van der Waals surface area contributed by atoms with E-state index in [0.717, 1.165) is 27.8 Å². The van der Waals surface area contributed by atoms with Crippen LogP contribution in [0.1, 0.15) is 42.5 Å². The maximum Gasteiger partial charge on any atom is 0.328 e. The van der Waals surface area contributed by atoms with Crippen LogP contribution >= 0.6 is 0 Å². The summed E-state index contributed by atoms with van der Waals surface area (Å²) in [4.78, 5) is 26.9. The Morgan fingerprint density at radius 3 is 2.03 bits per heavy atom. The highest BCUT2D eigenvalue weighted by Crippen LogP contribution is 2.52. The number of rotatable bonds is 7. The molecule has 3 aromatic carbocycles. The summed E-state index contributed by atoms with van der Waals surface area (Å²) < 4.78 is 16.6. The second-order valence-electron chi connectivity index (χ2n) is 7.99. The SMILES string of the molecule is CCOC(=O)C1(C(=O)OCC)C/C(=C(\c2ccccc2)c2ccccc2OC)c2ccccc21. The van der Waals surface area contributed by atoms with E-state index in [1.54, 1.807) is 21.0 Å². The summed E-state index contributed by atoms with van der Waals surface area (Å²) in [5.41, 5.74) is 3.47. The minimum absolute atomic E-state index is 0.131. The molecule has 0 radical (unpaired) electrons. The molecule has 0 N–H and O–H groups in total. The van der Waals surface area contributed by atoms with Gasteiger partial charge in [0.2, 0.25) is 0 Å². The molecule has 0 fully saturated rings. The molecule has 34 heavy (non-hydrogen) atoms. The Bertz CT molecular complexity index is 1210. The van der Waals surface area contributed by atoms with E-state index < -0.39 is 17.4 Å². The Hall–Kier alpha value is -3.86. The molecule has 0 atom stereocenters. The predicted octanol–water partition coefficient (Wildman–Crippen LogP) is 5.42. The van der Waals surface area contributed by atoms with Crippen molar-refractivity contribution in [1.82, 2.24) is 0 Å². The number of hydrogen-bond donors (Lipinski definition) is 0. The molecule has 0 aromatic heterocycles. The van der Waals surface area contributed by atoms with Crippen LogP contribution in [0.25, 0.3) is 11.1 Å². The monoisotopic (exact) mass is 456 g/mol. The van der Waals surface area contributed by atoms with Gasteiger partial charge in [0.25, 0.3) is 0 Å². The minimum atomic E-state index is -1.57. The topological polar surface area (TPSA) is 61.8 Å². The Labute approximate surface area is 200 Å². The molecule has 0 saturated heterocycles. The number of benzene rings is 3. The zero-order valence-electron chi connectivity index (χ0n) is 19.7. The third kappa shape index (κ3) is 3.87. The molecule has 0 unspecified atom stereocenters. The largest absolute Gasteiger partial charge is 0.496 e. The molecule has 1 aliphatic rings.